The van der Waals surface area contributed by atoms with Crippen molar-refractivity contribution in [3.63, 3.8) is 0 Å². The van der Waals surface area contributed by atoms with Crippen molar-refractivity contribution in [3.8, 4) is 17.2 Å². The van der Waals surface area contributed by atoms with Gasteiger partial charge in [-0.05, 0) is 6.07 Å². The van der Waals surface area contributed by atoms with Crippen LogP contribution in [0.3, 0.4) is 0 Å². The van der Waals surface area contributed by atoms with E-state index in [0.717, 1.165) is 6.07 Å². The number of hydrogen-bond acceptors (Lipinski definition) is 9. The molecule has 0 amide bonds. The summed E-state index contributed by atoms with van der Waals surface area (Å²) in [5.41, 5.74) is -6.07. The average Bonchev–Trinajstić information content (AvgIpc) is 3.33. The van der Waals surface area contributed by atoms with Gasteiger partial charge in [0.15, 0.2) is 11.5 Å². The van der Waals surface area contributed by atoms with Crippen molar-refractivity contribution >= 4 is 11.6 Å². The number of aromatic hydroxyl groups is 1. The number of rotatable bonds is 0. The summed E-state index contributed by atoms with van der Waals surface area (Å²) in [5.74, 6) is -8.61. The molecule has 0 bridgehead atoms. The lowest BCUT2D eigenvalue weighted by atomic mass is 9.81. The molecule has 0 radical (unpaired) electrons. The van der Waals surface area contributed by atoms with E-state index in [9.17, 15) is 35.1 Å². The van der Waals surface area contributed by atoms with Gasteiger partial charge in [0.2, 0.25) is 28.5 Å². The minimum atomic E-state index is -2.68. The zero-order valence-electron chi connectivity index (χ0n) is 16.6. The van der Waals surface area contributed by atoms with E-state index in [0.29, 0.717) is 0 Å². The smallest absolute Gasteiger partial charge is 0.277 e. The van der Waals surface area contributed by atoms with Gasteiger partial charge in [0.1, 0.15) is 0 Å². The molecule has 0 fully saturated rings. The third-order valence-corrected chi connectivity index (χ3v) is 7.20. The van der Waals surface area contributed by atoms with Crippen LogP contribution in [-0.2, 0) is 22.8 Å². The zero-order chi connectivity index (χ0) is 23.1. The van der Waals surface area contributed by atoms with Crippen molar-refractivity contribution in [2.75, 3.05) is 0 Å². The van der Waals surface area contributed by atoms with E-state index in [1.807, 2.05) is 0 Å². The molecule has 0 unspecified atom stereocenters. The molecule has 33 heavy (non-hydrogen) atoms. The van der Waals surface area contributed by atoms with Gasteiger partial charge in [-0.1, -0.05) is 48.5 Å². The first-order valence-electron chi connectivity index (χ1n) is 10.1. The Balaban J connectivity index is 1.51. The van der Waals surface area contributed by atoms with Crippen LogP contribution in [0.1, 0.15) is 43.0 Å². The Morgan fingerprint density at radius 3 is 1.42 bits per heavy atom. The molecule has 4 aliphatic rings. The van der Waals surface area contributed by atoms with Crippen LogP contribution in [0.15, 0.2) is 54.6 Å². The fourth-order valence-corrected chi connectivity index (χ4v) is 5.58. The van der Waals surface area contributed by atoms with Gasteiger partial charge in [-0.15, -0.1) is 0 Å². The minimum absolute atomic E-state index is 0.00579. The quantitative estimate of drug-likeness (QED) is 0.335. The van der Waals surface area contributed by atoms with Gasteiger partial charge in [-0.3, -0.25) is 9.59 Å². The highest BCUT2D eigenvalue weighted by Gasteiger charge is 2.75. The van der Waals surface area contributed by atoms with Crippen LogP contribution in [-0.4, -0.2) is 37.1 Å². The number of hydrogen-bond donors (Lipinski definition) is 5. The number of phenolic OH excluding ortho intramolecular Hbond substituents is 1. The molecule has 2 heterocycles. The Hall–Kier alpha value is -3.76. The number of ketones is 2. The minimum Gasteiger partial charge on any atom is -0.502 e. The van der Waals surface area contributed by atoms with Gasteiger partial charge >= 0.3 is 0 Å². The number of Topliss-reactive ketones (excluding diaryl/α,β-unsaturated/α-hetero) is 2. The van der Waals surface area contributed by atoms with Crippen LogP contribution < -0.4 is 9.47 Å². The molecule has 9 heteroatoms. The molecule has 164 valence electrons. The first-order chi connectivity index (χ1) is 15.6. The second-order valence-electron chi connectivity index (χ2n) is 8.64. The van der Waals surface area contributed by atoms with Gasteiger partial charge in [-0.2, -0.15) is 0 Å². The Bertz CT molecular complexity index is 1390. The predicted molar refractivity (Wildman–Crippen MR) is 106 cm³/mol. The first-order valence-corrected chi connectivity index (χ1v) is 10.1. The van der Waals surface area contributed by atoms with Crippen molar-refractivity contribution < 1.29 is 44.6 Å². The van der Waals surface area contributed by atoms with Crippen LogP contribution in [0.5, 0.6) is 17.2 Å². The predicted octanol–water partition coefficient (Wildman–Crippen LogP) is 0.635. The van der Waals surface area contributed by atoms with Crippen molar-refractivity contribution in [2.45, 2.75) is 22.8 Å². The van der Waals surface area contributed by atoms with E-state index in [4.69, 9.17) is 9.47 Å². The van der Waals surface area contributed by atoms with E-state index in [1.54, 1.807) is 24.3 Å². The van der Waals surface area contributed by atoms with Crippen molar-refractivity contribution in [3.05, 3.63) is 88.0 Å². The van der Waals surface area contributed by atoms with Crippen LogP contribution in [0, 0.1) is 0 Å². The zero-order valence-corrected chi connectivity index (χ0v) is 16.6. The van der Waals surface area contributed by atoms with Crippen LogP contribution in [0.2, 0.25) is 0 Å². The molecule has 2 aliphatic heterocycles. The molecule has 0 aromatic heterocycles. The molecule has 5 N–H and O–H groups in total. The van der Waals surface area contributed by atoms with E-state index in [1.165, 1.54) is 24.3 Å². The summed E-state index contributed by atoms with van der Waals surface area (Å²) in [4.78, 5) is 26.4. The number of aliphatic hydroxyl groups is 4. The lowest BCUT2D eigenvalue weighted by Crippen LogP contribution is -2.49. The number of fused-ring (bicyclic) bond motifs is 10. The maximum Gasteiger partial charge on any atom is 0.277 e. The van der Waals surface area contributed by atoms with Gasteiger partial charge < -0.3 is 35.0 Å². The molecule has 0 spiro atoms. The Kier molecular flexibility index (Phi) is 2.89. The lowest BCUT2D eigenvalue weighted by molar-refractivity contribution is -0.227. The van der Waals surface area contributed by atoms with E-state index in [2.05, 4.69) is 0 Å². The van der Waals surface area contributed by atoms with Crippen molar-refractivity contribution in [1.82, 2.24) is 0 Å². The SMILES string of the molecule is O=C1c2ccccc2[C@]2(O)Oc3c(cc4c(c3O)O[C@@]3(O)c5ccccc5C(=O)[C@@]43O)[C@]12O. The monoisotopic (exact) mass is 446 g/mol. The average molecular weight is 446 g/mol. The molecular weight excluding hydrogens is 432 g/mol. The van der Waals surface area contributed by atoms with Crippen molar-refractivity contribution in [2.24, 2.45) is 0 Å². The number of phenols is 1. The second-order valence-corrected chi connectivity index (χ2v) is 8.64. The molecule has 0 saturated carbocycles. The third kappa shape index (κ3) is 1.60. The summed E-state index contributed by atoms with van der Waals surface area (Å²) >= 11 is 0. The highest BCUT2D eigenvalue weighted by atomic mass is 16.7. The molecule has 3 aromatic rings. The lowest BCUT2D eigenvalue weighted by Gasteiger charge is -2.30. The number of benzene rings is 3. The van der Waals surface area contributed by atoms with Gasteiger partial charge in [0.25, 0.3) is 11.6 Å². The topological polar surface area (TPSA) is 154 Å². The largest absolute Gasteiger partial charge is 0.502 e. The standard InChI is InChI=1S/C24H14O9/c25-16-17-14(21(28)19(26)10-5-1-3-7-12(10)23(21,30)32-17)9-15-18(16)33-24(31)13-8-4-2-6-11(13)20(27)22(15,24)29/h1-9,25,28-31H/t21-,22-,23-,24-/m0/s1. The maximum absolute atomic E-state index is 13.2. The highest BCUT2D eigenvalue weighted by molar-refractivity contribution is 6.11. The van der Waals surface area contributed by atoms with Crippen LogP contribution in [0.25, 0.3) is 0 Å². The first kappa shape index (κ1) is 18.8. The number of carbonyl (C=O) groups is 2. The van der Waals surface area contributed by atoms with Crippen LogP contribution in [0.4, 0.5) is 0 Å². The Morgan fingerprint density at radius 1 is 0.606 bits per heavy atom. The van der Waals surface area contributed by atoms with Gasteiger partial charge in [0, 0.05) is 33.4 Å². The second kappa shape index (κ2) is 5.08. The molecule has 0 saturated heterocycles. The van der Waals surface area contributed by atoms with E-state index in [-0.39, 0.29) is 33.4 Å². The molecular formula is C24H14O9. The Morgan fingerprint density at radius 2 is 1.00 bits per heavy atom. The molecule has 7 rings (SSSR count). The molecule has 3 aromatic carbocycles. The number of carbonyl (C=O) groups excluding carboxylic acids is 2. The third-order valence-electron chi connectivity index (χ3n) is 7.20. The maximum atomic E-state index is 13.2. The number of ether oxygens (including phenoxy) is 2. The Labute approximate surface area is 184 Å². The van der Waals surface area contributed by atoms with Gasteiger partial charge in [-0.25, -0.2) is 0 Å². The summed E-state index contributed by atoms with van der Waals surface area (Å²) in [6, 6.07) is 12.9. The van der Waals surface area contributed by atoms with E-state index >= 15 is 0 Å². The van der Waals surface area contributed by atoms with E-state index < -0.39 is 51.6 Å². The summed E-state index contributed by atoms with van der Waals surface area (Å²) < 4.78 is 11.1. The summed E-state index contributed by atoms with van der Waals surface area (Å²) in [6.45, 7) is 0. The van der Waals surface area contributed by atoms with Gasteiger partial charge in [0.05, 0.1) is 0 Å². The molecule has 2 aliphatic carbocycles. The molecule has 9 nitrogen and oxygen atoms in total. The fourth-order valence-electron chi connectivity index (χ4n) is 5.58. The fraction of sp³-hybridized carbons (Fsp3) is 0.167. The summed E-state index contributed by atoms with van der Waals surface area (Å²) in [7, 11) is 0. The molecule has 4 atom stereocenters. The highest BCUT2D eigenvalue weighted by Crippen LogP contribution is 2.67. The summed E-state index contributed by atoms with van der Waals surface area (Å²) in [5, 5.41) is 56.6. The normalized spacial score (nSPS) is 34.1. The van der Waals surface area contributed by atoms with Crippen molar-refractivity contribution in [1.29, 1.82) is 0 Å². The summed E-state index contributed by atoms with van der Waals surface area (Å²) in [6.07, 6.45) is 0. The van der Waals surface area contributed by atoms with Crippen LogP contribution >= 0.6 is 0 Å².